The monoisotopic (exact) mass is 124 g/mol. The topological polar surface area (TPSA) is 69.1 Å². The molecule has 0 unspecified atom stereocenters. The fraction of sp³-hybridized carbons (Fsp3) is 0.667. The lowest BCUT2D eigenvalue weighted by atomic mass is 10.4. The van der Waals surface area contributed by atoms with Crippen molar-refractivity contribution < 1.29 is 4.79 Å². The van der Waals surface area contributed by atoms with Crippen LogP contribution in [0.1, 0.15) is 0 Å². The number of halogens is 1. The van der Waals surface area contributed by atoms with E-state index in [-0.39, 0.29) is 31.3 Å². The largest absolute Gasteiger partial charge is 0.324 e. The lowest BCUT2D eigenvalue weighted by molar-refractivity contribution is -0.116. The van der Waals surface area contributed by atoms with Crippen molar-refractivity contribution >= 4 is 18.2 Å². The second kappa shape index (κ2) is 5.88. The molecule has 0 aliphatic rings. The second-order valence-electron chi connectivity index (χ2n) is 0.947. The number of ketones is 1. The Labute approximate surface area is 48.5 Å². The minimum atomic E-state index is -0.102. The van der Waals surface area contributed by atoms with Gasteiger partial charge in [-0.2, -0.15) is 0 Å². The van der Waals surface area contributed by atoms with Gasteiger partial charge in [0.25, 0.3) is 0 Å². The van der Waals surface area contributed by atoms with E-state index in [2.05, 4.69) is 0 Å². The summed E-state index contributed by atoms with van der Waals surface area (Å²) in [5.41, 5.74) is 9.71. The Balaban J connectivity index is 0. The van der Waals surface area contributed by atoms with Crippen molar-refractivity contribution in [2.24, 2.45) is 11.5 Å². The van der Waals surface area contributed by atoms with Gasteiger partial charge < -0.3 is 11.5 Å². The van der Waals surface area contributed by atoms with Gasteiger partial charge in [-0.15, -0.1) is 12.4 Å². The Morgan fingerprint density at radius 3 is 1.57 bits per heavy atom. The molecule has 0 amide bonds. The summed E-state index contributed by atoms with van der Waals surface area (Å²) >= 11 is 0. The lowest BCUT2D eigenvalue weighted by Gasteiger charge is -1.82. The zero-order valence-corrected chi connectivity index (χ0v) is 4.70. The van der Waals surface area contributed by atoms with Crippen molar-refractivity contribution in [2.45, 2.75) is 0 Å². The Kier molecular flexibility index (Phi) is 8.39. The molecular weight excluding hydrogens is 115 g/mol. The van der Waals surface area contributed by atoms with E-state index in [1.54, 1.807) is 0 Å². The third kappa shape index (κ3) is 5.88. The predicted molar refractivity (Wildman–Crippen MR) is 30.4 cm³/mol. The first-order valence-corrected chi connectivity index (χ1v) is 1.73. The van der Waals surface area contributed by atoms with Gasteiger partial charge in [0.2, 0.25) is 0 Å². The van der Waals surface area contributed by atoms with Gasteiger partial charge in [0.05, 0.1) is 13.1 Å². The average molecular weight is 125 g/mol. The third-order valence-corrected chi connectivity index (χ3v) is 0.455. The van der Waals surface area contributed by atoms with E-state index in [9.17, 15) is 4.79 Å². The number of hydrogen-bond acceptors (Lipinski definition) is 3. The maximum Gasteiger partial charge on any atom is 0.159 e. The van der Waals surface area contributed by atoms with E-state index in [1.165, 1.54) is 0 Å². The van der Waals surface area contributed by atoms with E-state index in [1.807, 2.05) is 0 Å². The molecule has 44 valence electrons. The van der Waals surface area contributed by atoms with Crippen LogP contribution in [0, 0.1) is 0 Å². The van der Waals surface area contributed by atoms with Crippen LogP contribution in [-0.2, 0) is 4.79 Å². The summed E-state index contributed by atoms with van der Waals surface area (Å²) in [6, 6.07) is 0. The fourth-order valence-electron chi connectivity index (χ4n) is 0.0833. The maximum absolute atomic E-state index is 9.93. The highest BCUT2D eigenvalue weighted by atomic mass is 35.5. The highest BCUT2D eigenvalue weighted by molar-refractivity contribution is 5.85. The van der Waals surface area contributed by atoms with Gasteiger partial charge in [-0.1, -0.05) is 0 Å². The molecule has 7 heavy (non-hydrogen) atoms. The normalized spacial score (nSPS) is 7.14. The van der Waals surface area contributed by atoms with Crippen molar-refractivity contribution in [3.63, 3.8) is 0 Å². The molecular formula is C3H9ClN2O. The van der Waals surface area contributed by atoms with Crippen molar-refractivity contribution in [1.29, 1.82) is 0 Å². The molecule has 0 aromatic rings. The number of carbonyl (C=O) groups is 1. The van der Waals surface area contributed by atoms with Crippen LogP contribution in [0.2, 0.25) is 0 Å². The van der Waals surface area contributed by atoms with Gasteiger partial charge in [0.15, 0.2) is 5.78 Å². The lowest BCUT2D eigenvalue weighted by Crippen LogP contribution is -2.22. The SMILES string of the molecule is Cl.NCC(=O)CN. The van der Waals surface area contributed by atoms with E-state index in [0.29, 0.717) is 0 Å². The van der Waals surface area contributed by atoms with E-state index in [0.717, 1.165) is 0 Å². The molecule has 4 heteroatoms. The number of Topliss-reactive ketones (excluding diaryl/α,β-unsaturated/α-hetero) is 1. The van der Waals surface area contributed by atoms with Crippen molar-refractivity contribution in [2.75, 3.05) is 13.1 Å². The molecule has 0 aliphatic carbocycles. The van der Waals surface area contributed by atoms with Gasteiger partial charge in [0, 0.05) is 0 Å². The molecule has 0 bridgehead atoms. The number of carbonyl (C=O) groups excluding carboxylic acids is 1. The Morgan fingerprint density at radius 2 is 1.57 bits per heavy atom. The van der Waals surface area contributed by atoms with Gasteiger partial charge >= 0.3 is 0 Å². The van der Waals surface area contributed by atoms with Crippen LogP contribution in [0.25, 0.3) is 0 Å². The van der Waals surface area contributed by atoms with Crippen LogP contribution in [0.3, 0.4) is 0 Å². The van der Waals surface area contributed by atoms with Crippen molar-refractivity contribution in [3.8, 4) is 0 Å². The van der Waals surface area contributed by atoms with Crippen molar-refractivity contribution in [1.82, 2.24) is 0 Å². The van der Waals surface area contributed by atoms with Crippen LogP contribution in [0.4, 0.5) is 0 Å². The molecule has 0 aromatic heterocycles. The van der Waals surface area contributed by atoms with E-state index in [4.69, 9.17) is 11.5 Å². The van der Waals surface area contributed by atoms with E-state index >= 15 is 0 Å². The van der Waals surface area contributed by atoms with Crippen LogP contribution in [0.15, 0.2) is 0 Å². The minimum Gasteiger partial charge on any atom is -0.324 e. The first kappa shape index (κ1) is 9.99. The first-order valence-electron chi connectivity index (χ1n) is 1.73. The number of hydrogen-bond donors (Lipinski definition) is 2. The summed E-state index contributed by atoms with van der Waals surface area (Å²) in [6.45, 7) is 0.132. The molecule has 0 radical (unpaired) electrons. The third-order valence-electron chi connectivity index (χ3n) is 0.455. The summed E-state index contributed by atoms with van der Waals surface area (Å²) in [4.78, 5) is 9.93. The van der Waals surface area contributed by atoms with Gasteiger partial charge in [-0.3, -0.25) is 4.79 Å². The Bertz CT molecular complexity index is 50.9. The molecule has 0 aliphatic heterocycles. The summed E-state index contributed by atoms with van der Waals surface area (Å²) < 4.78 is 0. The number of nitrogens with two attached hydrogens (primary N) is 2. The van der Waals surface area contributed by atoms with Gasteiger partial charge in [0.1, 0.15) is 0 Å². The van der Waals surface area contributed by atoms with Gasteiger partial charge in [-0.25, -0.2) is 0 Å². The summed E-state index contributed by atoms with van der Waals surface area (Å²) in [7, 11) is 0. The second-order valence-corrected chi connectivity index (χ2v) is 0.947. The summed E-state index contributed by atoms with van der Waals surface area (Å²) in [5, 5.41) is 0. The maximum atomic E-state index is 9.93. The molecule has 4 N–H and O–H groups in total. The summed E-state index contributed by atoms with van der Waals surface area (Å²) in [6.07, 6.45) is 0. The van der Waals surface area contributed by atoms with Crippen LogP contribution in [-0.4, -0.2) is 18.9 Å². The van der Waals surface area contributed by atoms with Crippen LogP contribution in [0.5, 0.6) is 0 Å². The Morgan fingerprint density at radius 1 is 1.29 bits per heavy atom. The van der Waals surface area contributed by atoms with E-state index < -0.39 is 0 Å². The standard InChI is InChI=1S/C3H8N2O.ClH/c4-1-3(6)2-5;/h1-2,4-5H2;1H. The average Bonchev–Trinajstić information content (AvgIpc) is 1.65. The van der Waals surface area contributed by atoms with Crippen LogP contribution >= 0.6 is 12.4 Å². The Hall–Kier alpha value is -0.120. The molecule has 0 spiro atoms. The van der Waals surface area contributed by atoms with Crippen molar-refractivity contribution in [3.05, 3.63) is 0 Å². The molecule has 0 fully saturated rings. The quantitative estimate of drug-likeness (QED) is 0.491. The van der Waals surface area contributed by atoms with Gasteiger partial charge in [-0.05, 0) is 0 Å². The zero-order chi connectivity index (χ0) is 4.99. The zero-order valence-electron chi connectivity index (χ0n) is 3.89. The highest BCUT2D eigenvalue weighted by Crippen LogP contribution is 1.52. The molecule has 0 aromatic carbocycles. The first-order chi connectivity index (χ1) is 2.81. The molecule has 0 heterocycles. The predicted octanol–water partition coefficient (Wildman–Crippen LogP) is -1.11. The molecule has 0 atom stereocenters. The molecule has 0 saturated heterocycles. The smallest absolute Gasteiger partial charge is 0.159 e. The molecule has 0 rings (SSSR count). The summed E-state index contributed by atoms with van der Waals surface area (Å²) in [5.74, 6) is -0.102. The molecule has 0 saturated carbocycles. The molecule has 3 nitrogen and oxygen atoms in total. The van der Waals surface area contributed by atoms with Crippen LogP contribution < -0.4 is 11.5 Å². The fourth-order valence-corrected chi connectivity index (χ4v) is 0.0833. The minimum absolute atomic E-state index is 0. The highest BCUT2D eigenvalue weighted by Gasteiger charge is 1.87. The number of rotatable bonds is 2.